The van der Waals surface area contributed by atoms with Crippen LogP contribution in [0.25, 0.3) is 0 Å². The molecule has 5 nitrogen and oxygen atoms in total. The summed E-state index contributed by atoms with van der Waals surface area (Å²) in [5.74, 6) is 0.939. The van der Waals surface area contributed by atoms with Crippen molar-refractivity contribution in [1.82, 2.24) is 0 Å². The fourth-order valence-electron chi connectivity index (χ4n) is 3.19. The molecule has 28 heavy (non-hydrogen) atoms. The molecule has 1 heterocycles. The van der Waals surface area contributed by atoms with Crippen LogP contribution in [0.4, 0.5) is 5.69 Å². The second-order valence-corrected chi connectivity index (χ2v) is 9.30. The van der Waals surface area contributed by atoms with Crippen molar-refractivity contribution < 1.29 is 18.8 Å². The standard InChI is InChI=1S/C22H20NO4P/c24-22(23-17-11-12-20-21(15-17)27-14-13-26-20)16-28(25,18-7-3-1-4-8-18)19-9-5-2-6-10-19/h1-12,15H,13-14,16H2,(H,23,24). The quantitative estimate of drug-likeness (QED) is 0.675. The van der Waals surface area contributed by atoms with Crippen LogP contribution in [0.3, 0.4) is 0 Å². The molecule has 0 aliphatic carbocycles. The third-order valence-corrected chi connectivity index (χ3v) is 7.54. The number of carbonyl (C=O) groups is 1. The van der Waals surface area contributed by atoms with Gasteiger partial charge in [0.2, 0.25) is 5.91 Å². The minimum absolute atomic E-state index is 0.116. The molecule has 0 unspecified atom stereocenters. The van der Waals surface area contributed by atoms with Gasteiger partial charge in [-0.1, -0.05) is 60.7 Å². The number of benzene rings is 3. The van der Waals surface area contributed by atoms with Crippen molar-refractivity contribution in [2.75, 3.05) is 24.7 Å². The molecular weight excluding hydrogens is 373 g/mol. The number of fused-ring (bicyclic) bond motifs is 1. The van der Waals surface area contributed by atoms with Crippen LogP contribution in [0, 0.1) is 0 Å². The highest BCUT2D eigenvalue weighted by Gasteiger charge is 2.30. The molecule has 0 saturated heterocycles. The Balaban J connectivity index is 1.59. The largest absolute Gasteiger partial charge is 0.486 e. The summed E-state index contributed by atoms with van der Waals surface area (Å²) < 4.78 is 25.0. The molecular formula is C22H20NO4P. The highest BCUT2D eigenvalue weighted by Crippen LogP contribution is 2.43. The molecule has 0 spiro atoms. The monoisotopic (exact) mass is 393 g/mol. The van der Waals surface area contributed by atoms with Crippen molar-refractivity contribution in [2.24, 2.45) is 0 Å². The summed E-state index contributed by atoms with van der Waals surface area (Å²) in [5, 5.41) is 4.17. The highest BCUT2D eigenvalue weighted by molar-refractivity contribution is 7.79. The molecule has 0 saturated carbocycles. The number of hydrogen-bond donors (Lipinski definition) is 1. The number of rotatable bonds is 5. The maximum Gasteiger partial charge on any atom is 0.232 e. The normalized spacial score (nSPS) is 13.0. The van der Waals surface area contributed by atoms with E-state index in [9.17, 15) is 9.36 Å². The van der Waals surface area contributed by atoms with E-state index < -0.39 is 7.14 Å². The van der Waals surface area contributed by atoms with Gasteiger partial charge in [-0.05, 0) is 12.1 Å². The van der Waals surface area contributed by atoms with Crippen molar-refractivity contribution in [1.29, 1.82) is 0 Å². The van der Waals surface area contributed by atoms with Crippen LogP contribution in [-0.2, 0) is 9.36 Å². The number of carbonyl (C=O) groups excluding carboxylic acids is 1. The van der Waals surface area contributed by atoms with Gasteiger partial charge < -0.3 is 19.4 Å². The van der Waals surface area contributed by atoms with E-state index in [-0.39, 0.29) is 12.1 Å². The van der Waals surface area contributed by atoms with Gasteiger partial charge in [0.15, 0.2) is 18.6 Å². The molecule has 0 radical (unpaired) electrons. The number of hydrogen-bond acceptors (Lipinski definition) is 4. The van der Waals surface area contributed by atoms with Crippen LogP contribution in [0.1, 0.15) is 0 Å². The summed E-state index contributed by atoms with van der Waals surface area (Å²) in [6, 6.07) is 23.6. The van der Waals surface area contributed by atoms with Crippen molar-refractivity contribution in [3.05, 3.63) is 78.9 Å². The van der Waals surface area contributed by atoms with Crippen LogP contribution >= 0.6 is 7.14 Å². The molecule has 1 N–H and O–H groups in total. The Labute approximate surface area is 163 Å². The zero-order valence-corrected chi connectivity index (χ0v) is 16.1. The van der Waals surface area contributed by atoms with Gasteiger partial charge in [0.25, 0.3) is 0 Å². The van der Waals surface area contributed by atoms with Crippen molar-refractivity contribution in [2.45, 2.75) is 0 Å². The Morgan fingerprint density at radius 3 is 2.00 bits per heavy atom. The summed E-state index contributed by atoms with van der Waals surface area (Å²) >= 11 is 0. The minimum atomic E-state index is -3.11. The predicted octanol–water partition coefficient (Wildman–Crippen LogP) is 3.41. The van der Waals surface area contributed by atoms with E-state index in [1.807, 2.05) is 60.7 Å². The Kier molecular flexibility index (Phi) is 5.18. The van der Waals surface area contributed by atoms with Crippen molar-refractivity contribution in [3.8, 4) is 11.5 Å². The van der Waals surface area contributed by atoms with E-state index in [0.29, 0.717) is 41.0 Å². The fourth-order valence-corrected chi connectivity index (χ4v) is 5.65. The summed E-state index contributed by atoms with van der Waals surface area (Å²) in [6.45, 7) is 0.984. The average molecular weight is 393 g/mol. The van der Waals surface area contributed by atoms with E-state index in [4.69, 9.17) is 9.47 Å². The Bertz CT molecular complexity index is 978. The molecule has 1 aliphatic rings. The maximum absolute atomic E-state index is 13.9. The fraction of sp³-hybridized carbons (Fsp3) is 0.136. The van der Waals surface area contributed by atoms with Crippen LogP contribution in [0.15, 0.2) is 78.9 Å². The molecule has 4 rings (SSSR count). The predicted molar refractivity (Wildman–Crippen MR) is 111 cm³/mol. The maximum atomic E-state index is 13.9. The van der Waals surface area contributed by atoms with Gasteiger partial charge in [0.05, 0.1) is 6.16 Å². The second-order valence-electron chi connectivity index (χ2n) is 6.48. The summed E-state index contributed by atoms with van der Waals surface area (Å²) in [7, 11) is -3.11. The first-order chi connectivity index (χ1) is 13.6. The number of amides is 1. The lowest BCUT2D eigenvalue weighted by Gasteiger charge is -2.20. The van der Waals surface area contributed by atoms with Crippen LogP contribution < -0.4 is 25.4 Å². The molecule has 0 atom stereocenters. The van der Waals surface area contributed by atoms with Gasteiger partial charge >= 0.3 is 0 Å². The molecule has 6 heteroatoms. The molecule has 0 bridgehead atoms. The van der Waals surface area contributed by atoms with Gasteiger partial charge in [-0.25, -0.2) is 0 Å². The number of ether oxygens (including phenoxy) is 2. The van der Waals surface area contributed by atoms with Crippen LogP contribution in [0.2, 0.25) is 0 Å². The number of anilines is 1. The minimum Gasteiger partial charge on any atom is -0.486 e. The third-order valence-electron chi connectivity index (χ3n) is 4.54. The first-order valence-electron chi connectivity index (χ1n) is 9.05. The lowest BCUT2D eigenvalue weighted by atomic mass is 10.2. The van der Waals surface area contributed by atoms with Crippen LogP contribution in [0.5, 0.6) is 11.5 Å². The lowest BCUT2D eigenvalue weighted by Crippen LogP contribution is -2.26. The smallest absolute Gasteiger partial charge is 0.232 e. The highest BCUT2D eigenvalue weighted by atomic mass is 31.2. The Hall–Kier alpha value is -3.04. The van der Waals surface area contributed by atoms with Gasteiger partial charge in [-0.2, -0.15) is 0 Å². The molecule has 3 aromatic rings. The molecule has 3 aromatic carbocycles. The van der Waals surface area contributed by atoms with Gasteiger partial charge in [-0.3, -0.25) is 4.79 Å². The van der Waals surface area contributed by atoms with Gasteiger partial charge in [-0.15, -0.1) is 0 Å². The van der Waals surface area contributed by atoms with Gasteiger partial charge in [0.1, 0.15) is 13.2 Å². The topological polar surface area (TPSA) is 64.6 Å². The second kappa shape index (κ2) is 7.91. The first-order valence-corrected chi connectivity index (χ1v) is 10.9. The Morgan fingerprint density at radius 2 is 1.39 bits per heavy atom. The van der Waals surface area contributed by atoms with Crippen molar-refractivity contribution >= 4 is 29.3 Å². The molecule has 0 fully saturated rings. The first kappa shape index (κ1) is 18.3. The zero-order valence-electron chi connectivity index (χ0n) is 15.2. The number of nitrogens with one attached hydrogen (secondary N) is 1. The lowest BCUT2D eigenvalue weighted by molar-refractivity contribution is -0.113. The molecule has 1 amide bonds. The van der Waals surface area contributed by atoms with Crippen LogP contribution in [-0.4, -0.2) is 25.3 Å². The van der Waals surface area contributed by atoms with Gasteiger partial charge in [0, 0.05) is 22.4 Å². The van der Waals surface area contributed by atoms with E-state index in [2.05, 4.69) is 5.32 Å². The molecule has 1 aliphatic heterocycles. The molecule has 0 aromatic heterocycles. The third kappa shape index (κ3) is 3.80. The summed E-state index contributed by atoms with van der Waals surface area (Å²) in [4.78, 5) is 12.8. The van der Waals surface area contributed by atoms with E-state index in [1.54, 1.807) is 18.2 Å². The average Bonchev–Trinajstić information content (AvgIpc) is 2.75. The van der Waals surface area contributed by atoms with E-state index >= 15 is 0 Å². The van der Waals surface area contributed by atoms with E-state index in [0.717, 1.165) is 0 Å². The SMILES string of the molecule is O=C(CP(=O)(c1ccccc1)c1ccccc1)Nc1ccc2c(c1)OCCO2. The van der Waals surface area contributed by atoms with E-state index in [1.165, 1.54) is 0 Å². The summed E-state index contributed by atoms with van der Waals surface area (Å²) in [6.07, 6.45) is -0.116. The zero-order chi connectivity index (χ0) is 19.4. The molecule has 142 valence electrons. The summed E-state index contributed by atoms with van der Waals surface area (Å²) in [5.41, 5.74) is 0.585. The Morgan fingerprint density at radius 1 is 0.821 bits per heavy atom. The van der Waals surface area contributed by atoms with Crippen molar-refractivity contribution in [3.63, 3.8) is 0 Å².